The van der Waals surface area contributed by atoms with Crippen LogP contribution in [0.25, 0.3) is 10.9 Å². The first-order valence-corrected chi connectivity index (χ1v) is 12.7. The molecular formula is C29H28FN5O4. The van der Waals surface area contributed by atoms with E-state index in [0.717, 1.165) is 22.2 Å². The van der Waals surface area contributed by atoms with Crippen LogP contribution in [0.15, 0.2) is 67.0 Å². The van der Waals surface area contributed by atoms with Crippen molar-refractivity contribution in [2.24, 2.45) is 7.05 Å². The quantitative estimate of drug-likeness (QED) is 0.420. The number of aromatic nitrogens is 2. The Labute approximate surface area is 224 Å². The first-order chi connectivity index (χ1) is 18.8. The molecule has 10 heteroatoms. The van der Waals surface area contributed by atoms with Crippen LogP contribution in [0.1, 0.15) is 27.7 Å². The normalized spacial score (nSPS) is 17.6. The van der Waals surface area contributed by atoms with Crippen LogP contribution in [0.4, 0.5) is 14.9 Å². The SMILES string of the molecule is COc1ccc2c3c(n(C)c2c1)[C@H](CO)N(C(=O)Nc1ccc(F)cc1)CC31CN(C(=O)c2cccnc2)C1. The molecule has 1 saturated heterocycles. The highest BCUT2D eigenvalue weighted by atomic mass is 19.1. The van der Waals surface area contributed by atoms with Crippen LogP contribution in [-0.2, 0) is 12.5 Å². The van der Waals surface area contributed by atoms with Crippen molar-refractivity contribution >= 4 is 28.5 Å². The van der Waals surface area contributed by atoms with Gasteiger partial charge in [0.25, 0.3) is 5.91 Å². The fourth-order valence-corrected chi connectivity index (χ4v) is 6.06. The molecule has 0 aliphatic carbocycles. The lowest BCUT2D eigenvalue weighted by atomic mass is 9.68. The molecule has 3 amide bonds. The van der Waals surface area contributed by atoms with E-state index < -0.39 is 23.3 Å². The van der Waals surface area contributed by atoms with Crippen molar-refractivity contribution in [1.29, 1.82) is 0 Å². The maximum atomic E-state index is 13.6. The lowest BCUT2D eigenvalue weighted by molar-refractivity contribution is 0.0130. The van der Waals surface area contributed by atoms with Gasteiger partial charge in [0.15, 0.2) is 0 Å². The molecule has 0 unspecified atom stereocenters. The van der Waals surface area contributed by atoms with E-state index in [0.29, 0.717) is 36.6 Å². The number of carbonyl (C=O) groups excluding carboxylic acids is 2. The van der Waals surface area contributed by atoms with E-state index >= 15 is 0 Å². The number of ether oxygens (including phenoxy) is 1. The average molecular weight is 530 g/mol. The molecule has 9 nitrogen and oxygen atoms in total. The second kappa shape index (κ2) is 9.39. The number of aryl methyl sites for hydroxylation is 1. The van der Waals surface area contributed by atoms with Gasteiger partial charge in [-0.3, -0.25) is 9.78 Å². The molecule has 200 valence electrons. The highest BCUT2D eigenvalue weighted by Gasteiger charge is 2.55. The van der Waals surface area contributed by atoms with E-state index in [2.05, 4.69) is 10.3 Å². The fourth-order valence-electron chi connectivity index (χ4n) is 6.06. The Morgan fingerprint density at radius 3 is 2.59 bits per heavy atom. The van der Waals surface area contributed by atoms with E-state index in [1.165, 1.54) is 24.3 Å². The summed E-state index contributed by atoms with van der Waals surface area (Å²) in [5.74, 6) is 0.174. The van der Waals surface area contributed by atoms with Crippen molar-refractivity contribution < 1.29 is 23.8 Å². The maximum Gasteiger partial charge on any atom is 0.322 e. The molecule has 2 aromatic carbocycles. The highest BCUT2D eigenvalue weighted by molar-refractivity contribution is 5.96. The smallest absolute Gasteiger partial charge is 0.322 e. The number of methoxy groups -OCH3 is 1. The minimum Gasteiger partial charge on any atom is -0.497 e. The van der Waals surface area contributed by atoms with Crippen LogP contribution in [0.3, 0.4) is 0 Å². The van der Waals surface area contributed by atoms with Gasteiger partial charge in [0.2, 0.25) is 0 Å². The largest absolute Gasteiger partial charge is 0.497 e. The number of nitrogens with zero attached hydrogens (tertiary/aromatic N) is 4. The van der Waals surface area contributed by atoms with Crippen LogP contribution in [0, 0.1) is 5.82 Å². The van der Waals surface area contributed by atoms with Crippen molar-refractivity contribution in [3.05, 3.63) is 89.6 Å². The molecule has 1 fully saturated rings. The van der Waals surface area contributed by atoms with Crippen molar-refractivity contribution in [2.75, 3.05) is 38.7 Å². The summed E-state index contributed by atoms with van der Waals surface area (Å²) in [5, 5.41) is 14.4. The number of rotatable bonds is 4. The van der Waals surface area contributed by atoms with Gasteiger partial charge >= 0.3 is 6.03 Å². The van der Waals surface area contributed by atoms with Gasteiger partial charge in [0.1, 0.15) is 11.6 Å². The third-order valence-electron chi connectivity index (χ3n) is 7.86. The lowest BCUT2D eigenvalue weighted by Gasteiger charge is -2.56. The number of fused-ring (bicyclic) bond motifs is 4. The number of hydrogen-bond acceptors (Lipinski definition) is 5. The second-order valence-corrected chi connectivity index (χ2v) is 10.1. The van der Waals surface area contributed by atoms with Gasteiger partial charge in [-0.05, 0) is 54.1 Å². The Kier molecular flexibility index (Phi) is 5.99. The molecule has 1 atom stereocenters. The van der Waals surface area contributed by atoms with Crippen molar-refractivity contribution in [2.45, 2.75) is 11.5 Å². The standard InChI is InChI=1S/C29H28FN5O4/c1-33-23-12-21(39-2)9-10-22(23)25-26(33)24(14-36)35(28(38)32-20-7-5-19(30)6-8-20)17-29(25)15-34(16-29)27(37)18-4-3-11-31-13-18/h3-13,24,36H,14-17H2,1-2H3,(H,32,38)/t24-/m0/s1. The topological polar surface area (TPSA) is 99.9 Å². The number of benzene rings is 2. The number of aliphatic hydroxyl groups is 1. The Balaban J connectivity index is 1.42. The minimum atomic E-state index is -0.627. The average Bonchev–Trinajstić information content (AvgIpc) is 3.24. The number of urea groups is 1. The molecule has 4 aromatic rings. The number of halogens is 1. The maximum absolute atomic E-state index is 13.6. The van der Waals surface area contributed by atoms with E-state index in [4.69, 9.17) is 4.74 Å². The summed E-state index contributed by atoms with van der Waals surface area (Å²) in [5.41, 5.74) is 3.16. The summed E-state index contributed by atoms with van der Waals surface area (Å²) < 4.78 is 20.9. The number of hydrogen-bond donors (Lipinski definition) is 2. The predicted octanol–water partition coefficient (Wildman–Crippen LogP) is 3.70. The Bertz CT molecular complexity index is 1560. The Morgan fingerprint density at radius 1 is 1.15 bits per heavy atom. The monoisotopic (exact) mass is 529 g/mol. The molecule has 2 aliphatic heterocycles. The van der Waals surface area contributed by atoms with E-state index in [1.807, 2.05) is 29.8 Å². The van der Waals surface area contributed by atoms with Crippen molar-refractivity contribution in [1.82, 2.24) is 19.4 Å². The number of pyridine rings is 1. The molecule has 0 bridgehead atoms. The molecule has 2 aliphatic rings. The molecular weight excluding hydrogens is 501 g/mol. The van der Waals surface area contributed by atoms with Gasteiger partial charge in [0.05, 0.1) is 36.3 Å². The van der Waals surface area contributed by atoms with Gasteiger partial charge in [-0.15, -0.1) is 0 Å². The van der Waals surface area contributed by atoms with Gasteiger partial charge in [-0.25, -0.2) is 9.18 Å². The van der Waals surface area contributed by atoms with Gasteiger partial charge < -0.3 is 29.5 Å². The number of aliphatic hydroxyl groups excluding tert-OH is 1. The summed E-state index contributed by atoms with van der Waals surface area (Å²) in [6.45, 7) is 0.800. The zero-order valence-electron chi connectivity index (χ0n) is 21.6. The zero-order valence-corrected chi connectivity index (χ0v) is 21.6. The molecule has 0 radical (unpaired) electrons. The summed E-state index contributed by atoms with van der Waals surface area (Å²) in [6.07, 6.45) is 3.17. The van der Waals surface area contributed by atoms with E-state index in [1.54, 1.807) is 41.4 Å². The predicted molar refractivity (Wildman–Crippen MR) is 143 cm³/mol. The van der Waals surface area contributed by atoms with Crippen LogP contribution in [0.2, 0.25) is 0 Å². The van der Waals surface area contributed by atoms with Crippen molar-refractivity contribution in [3.63, 3.8) is 0 Å². The van der Waals surface area contributed by atoms with Gasteiger partial charge in [0, 0.05) is 61.9 Å². The number of nitrogens with one attached hydrogen (secondary N) is 1. The summed E-state index contributed by atoms with van der Waals surface area (Å²) in [6, 6.07) is 13.8. The molecule has 2 aromatic heterocycles. The Morgan fingerprint density at radius 2 is 1.92 bits per heavy atom. The number of anilines is 1. The third kappa shape index (κ3) is 3.99. The number of likely N-dealkylation sites (tertiary alicyclic amines) is 1. The fraction of sp³-hybridized carbons (Fsp3) is 0.276. The minimum absolute atomic E-state index is 0.122. The third-order valence-corrected chi connectivity index (χ3v) is 7.86. The first kappa shape index (κ1) is 24.9. The van der Waals surface area contributed by atoms with Crippen LogP contribution in [-0.4, -0.2) is 69.7 Å². The lowest BCUT2D eigenvalue weighted by Crippen LogP contribution is -2.68. The zero-order chi connectivity index (χ0) is 27.3. The molecule has 1 spiro atoms. The van der Waals surface area contributed by atoms with Crippen LogP contribution >= 0.6 is 0 Å². The molecule has 4 heterocycles. The highest BCUT2D eigenvalue weighted by Crippen LogP contribution is 2.50. The van der Waals surface area contributed by atoms with Gasteiger partial charge in [-0.1, -0.05) is 0 Å². The van der Waals surface area contributed by atoms with Gasteiger partial charge in [-0.2, -0.15) is 0 Å². The van der Waals surface area contributed by atoms with Crippen LogP contribution < -0.4 is 10.1 Å². The molecule has 2 N–H and O–H groups in total. The van der Waals surface area contributed by atoms with Crippen molar-refractivity contribution in [3.8, 4) is 5.75 Å². The van der Waals surface area contributed by atoms with E-state index in [9.17, 15) is 19.1 Å². The molecule has 6 rings (SSSR count). The summed E-state index contributed by atoms with van der Waals surface area (Å²) in [7, 11) is 3.52. The summed E-state index contributed by atoms with van der Waals surface area (Å²) >= 11 is 0. The van der Waals surface area contributed by atoms with E-state index in [-0.39, 0.29) is 12.5 Å². The molecule has 39 heavy (non-hydrogen) atoms. The number of carbonyl (C=O) groups is 2. The van der Waals surface area contributed by atoms with Crippen LogP contribution in [0.5, 0.6) is 5.75 Å². The molecule has 0 saturated carbocycles. The Hall–Kier alpha value is -4.44. The summed E-state index contributed by atoms with van der Waals surface area (Å²) in [4.78, 5) is 34.3. The second-order valence-electron chi connectivity index (χ2n) is 10.1. The first-order valence-electron chi connectivity index (χ1n) is 12.7. The number of amides is 3.